The molecule has 0 aliphatic rings. The molecular weight excluding hydrogens is 316 g/mol. The highest BCUT2D eigenvalue weighted by atomic mass is 32.2. The summed E-state index contributed by atoms with van der Waals surface area (Å²) in [6.07, 6.45) is 3.11. The molecule has 1 aromatic carbocycles. The van der Waals surface area contributed by atoms with Crippen molar-refractivity contribution in [1.29, 1.82) is 0 Å². The molecule has 2 aromatic rings. The number of methoxy groups -OCH3 is 2. The van der Waals surface area contributed by atoms with Gasteiger partial charge >= 0.3 is 0 Å². The minimum atomic E-state index is -3.58. The van der Waals surface area contributed by atoms with E-state index in [1.54, 1.807) is 12.3 Å². The normalized spacial score (nSPS) is 11.2. The molecule has 0 saturated carbocycles. The fraction of sp³-hybridized carbons (Fsp3) is 0.312. The van der Waals surface area contributed by atoms with Gasteiger partial charge in [0, 0.05) is 24.5 Å². The molecule has 2 rings (SSSR count). The predicted molar refractivity (Wildman–Crippen MR) is 87.3 cm³/mol. The van der Waals surface area contributed by atoms with Crippen molar-refractivity contribution in [1.82, 2.24) is 9.71 Å². The molecule has 0 saturated heterocycles. The average molecular weight is 336 g/mol. The molecule has 1 N–H and O–H groups in total. The van der Waals surface area contributed by atoms with E-state index in [0.717, 1.165) is 12.1 Å². The Bertz CT molecular complexity index is 733. The Kier molecular flexibility index (Phi) is 5.95. The monoisotopic (exact) mass is 336 g/mol. The van der Waals surface area contributed by atoms with Crippen LogP contribution in [0.5, 0.6) is 11.5 Å². The van der Waals surface area contributed by atoms with E-state index in [-0.39, 0.29) is 4.90 Å². The second-order valence-corrected chi connectivity index (χ2v) is 6.61. The largest absolute Gasteiger partial charge is 0.493 e. The minimum Gasteiger partial charge on any atom is -0.493 e. The first kappa shape index (κ1) is 17.2. The smallest absolute Gasteiger partial charge is 0.240 e. The van der Waals surface area contributed by atoms with E-state index in [1.165, 1.54) is 26.4 Å². The van der Waals surface area contributed by atoms with Crippen molar-refractivity contribution >= 4 is 10.0 Å². The average Bonchev–Trinajstić information content (AvgIpc) is 2.59. The van der Waals surface area contributed by atoms with E-state index in [4.69, 9.17) is 9.47 Å². The van der Waals surface area contributed by atoms with Gasteiger partial charge < -0.3 is 9.47 Å². The van der Waals surface area contributed by atoms with Crippen LogP contribution in [0.2, 0.25) is 0 Å². The Hall–Kier alpha value is -2.12. The molecule has 0 aliphatic heterocycles. The Morgan fingerprint density at radius 1 is 1.09 bits per heavy atom. The lowest BCUT2D eigenvalue weighted by molar-refractivity contribution is 0.354. The van der Waals surface area contributed by atoms with Crippen molar-refractivity contribution in [2.45, 2.75) is 17.7 Å². The second kappa shape index (κ2) is 7.94. The highest BCUT2D eigenvalue weighted by Crippen LogP contribution is 2.29. The number of benzene rings is 1. The summed E-state index contributed by atoms with van der Waals surface area (Å²) in [4.78, 5) is 4.35. The van der Waals surface area contributed by atoms with Crippen LogP contribution in [-0.2, 0) is 16.4 Å². The Morgan fingerprint density at radius 2 is 1.87 bits per heavy atom. The first-order valence-corrected chi connectivity index (χ1v) is 8.67. The zero-order valence-corrected chi connectivity index (χ0v) is 14.0. The number of aryl methyl sites for hydroxylation is 1. The lowest BCUT2D eigenvalue weighted by Gasteiger charge is -2.11. The molecule has 23 heavy (non-hydrogen) atoms. The SMILES string of the molecule is COc1ccc(S(=O)(=O)NCCCc2ccccn2)cc1OC. The van der Waals surface area contributed by atoms with Crippen LogP contribution in [0.1, 0.15) is 12.1 Å². The molecule has 1 heterocycles. The lowest BCUT2D eigenvalue weighted by Crippen LogP contribution is -2.25. The van der Waals surface area contributed by atoms with Crippen LogP contribution in [0.25, 0.3) is 0 Å². The maximum absolute atomic E-state index is 12.3. The van der Waals surface area contributed by atoms with Gasteiger partial charge in [-0.3, -0.25) is 4.98 Å². The number of rotatable bonds is 8. The van der Waals surface area contributed by atoms with E-state index < -0.39 is 10.0 Å². The quantitative estimate of drug-likeness (QED) is 0.746. The van der Waals surface area contributed by atoms with E-state index in [9.17, 15) is 8.42 Å². The maximum Gasteiger partial charge on any atom is 0.240 e. The van der Waals surface area contributed by atoms with Gasteiger partial charge in [-0.25, -0.2) is 13.1 Å². The molecule has 1 aromatic heterocycles. The Labute approximate surface area is 136 Å². The predicted octanol–water partition coefficient (Wildman–Crippen LogP) is 2.01. The number of nitrogens with one attached hydrogen (secondary N) is 1. The Balaban J connectivity index is 1.96. The fourth-order valence-electron chi connectivity index (χ4n) is 2.09. The van der Waals surface area contributed by atoms with Gasteiger partial charge in [-0.2, -0.15) is 0 Å². The van der Waals surface area contributed by atoms with Crippen LogP contribution in [0.15, 0.2) is 47.5 Å². The number of hydrogen-bond acceptors (Lipinski definition) is 5. The molecule has 0 bridgehead atoms. The number of ether oxygens (including phenoxy) is 2. The molecule has 0 spiro atoms. The highest BCUT2D eigenvalue weighted by Gasteiger charge is 2.16. The summed E-state index contributed by atoms with van der Waals surface area (Å²) in [5, 5.41) is 0. The van der Waals surface area contributed by atoms with E-state index in [2.05, 4.69) is 9.71 Å². The van der Waals surface area contributed by atoms with Gasteiger partial charge in [0.1, 0.15) is 0 Å². The van der Waals surface area contributed by atoms with Crippen molar-refractivity contribution in [3.05, 3.63) is 48.3 Å². The minimum absolute atomic E-state index is 0.146. The third kappa shape index (κ3) is 4.67. The molecule has 0 amide bonds. The number of pyridine rings is 1. The van der Waals surface area contributed by atoms with Gasteiger partial charge in [-0.05, 0) is 37.1 Å². The lowest BCUT2D eigenvalue weighted by atomic mass is 10.2. The van der Waals surface area contributed by atoms with Gasteiger partial charge in [0.2, 0.25) is 10.0 Å². The standard InChI is InChI=1S/C16H20N2O4S/c1-21-15-9-8-14(12-16(15)22-2)23(19,20)18-11-5-7-13-6-3-4-10-17-13/h3-4,6,8-10,12,18H,5,7,11H2,1-2H3. The van der Waals surface area contributed by atoms with Gasteiger partial charge in [0.05, 0.1) is 19.1 Å². The van der Waals surface area contributed by atoms with Crippen LogP contribution in [0.3, 0.4) is 0 Å². The summed E-state index contributed by atoms with van der Waals surface area (Å²) in [5.41, 5.74) is 0.942. The molecule has 124 valence electrons. The zero-order valence-electron chi connectivity index (χ0n) is 13.2. The van der Waals surface area contributed by atoms with Crippen LogP contribution in [0.4, 0.5) is 0 Å². The van der Waals surface area contributed by atoms with Crippen molar-refractivity contribution in [2.24, 2.45) is 0 Å². The summed E-state index contributed by atoms with van der Waals surface area (Å²) < 4.78 is 37.4. The van der Waals surface area contributed by atoms with Crippen LogP contribution in [0, 0.1) is 0 Å². The van der Waals surface area contributed by atoms with Gasteiger partial charge in [-0.15, -0.1) is 0 Å². The molecule has 0 aliphatic carbocycles. The molecule has 0 radical (unpaired) electrons. The van der Waals surface area contributed by atoms with Crippen LogP contribution in [-0.4, -0.2) is 34.2 Å². The number of nitrogens with zero attached hydrogens (tertiary/aromatic N) is 1. The molecule has 0 unspecified atom stereocenters. The summed E-state index contributed by atoms with van der Waals surface area (Å²) >= 11 is 0. The van der Waals surface area contributed by atoms with E-state index in [1.807, 2.05) is 18.2 Å². The van der Waals surface area contributed by atoms with Crippen molar-refractivity contribution in [3.8, 4) is 11.5 Å². The van der Waals surface area contributed by atoms with Crippen LogP contribution >= 0.6 is 0 Å². The molecule has 0 fully saturated rings. The molecule has 6 nitrogen and oxygen atoms in total. The maximum atomic E-state index is 12.3. The summed E-state index contributed by atoms with van der Waals surface area (Å²) in [6.45, 7) is 0.341. The van der Waals surface area contributed by atoms with Gasteiger partial charge in [0.15, 0.2) is 11.5 Å². The van der Waals surface area contributed by atoms with E-state index >= 15 is 0 Å². The van der Waals surface area contributed by atoms with Crippen molar-refractivity contribution in [3.63, 3.8) is 0 Å². The summed E-state index contributed by atoms with van der Waals surface area (Å²) in [7, 11) is -0.610. The van der Waals surface area contributed by atoms with Gasteiger partial charge in [-0.1, -0.05) is 6.07 Å². The first-order valence-electron chi connectivity index (χ1n) is 7.18. The molecule has 7 heteroatoms. The van der Waals surface area contributed by atoms with Gasteiger partial charge in [0.25, 0.3) is 0 Å². The second-order valence-electron chi connectivity index (χ2n) is 4.84. The summed E-state index contributed by atoms with van der Waals surface area (Å²) in [5.74, 6) is 0.866. The van der Waals surface area contributed by atoms with Crippen molar-refractivity contribution < 1.29 is 17.9 Å². The summed E-state index contributed by atoms with van der Waals surface area (Å²) in [6, 6.07) is 10.2. The van der Waals surface area contributed by atoms with E-state index in [0.29, 0.717) is 24.5 Å². The first-order chi connectivity index (χ1) is 11.1. The fourth-order valence-corrected chi connectivity index (χ4v) is 3.18. The number of sulfonamides is 1. The molecule has 0 atom stereocenters. The number of hydrogen-bond donors (Lipinski definition) is 1. The third-order valence-corrected chi connectivity index (χ3v) is 4.75. The topological polar surface area (TPSA) is 77.5 Å². The third-order valence-electron chi connectivity index (χ3n) is 3.29. The highest BCUT2D eigenvalue weighted by molar-refractivity contribution is 7.89. The Morgan fingerprint density at radius 3 is 2.52 bits per heavy atom. The zero-order chi connectivity index (χ0) is 16.7. The number of aromatic nitrogens is 1. The molecular formula is C16H20N2O4S. The van der Waals surface area contributed by atoms with Crippen molar-refractivity contribution in [2.75, 3.05) is 20.8 Å². The van der Waals surface area contributed by atoms with Crippen LogP contribution < -0.4 is 14.2 Å².